The van der Waals surface area contributed by atoms with Crippen molar-refractivity contribution in [3.05, 3.63) is 111 Å². The fourth-order valence-electron chi connectivity index (χ4n) is 4.13. The molecule has 0 saturated heterocycles. The van der Waals surface area contributed by atoms with Crippen molar-refractivity contribution < 1.29 is 22.8 Å². The van der Waals surface area contributed by atoms with E-state index in [0.717, 1.165) is 16.5 Å². The van der Waals surface area contributed by atoms with Gasteiger partial charge < -0.3 is 10.7 Å². The smallest absolute Gasteiger partial charge is 0.369 e. The van der Waals surface area contributed by atoms with Gasteiger partial charge in [-0.25, -0.2) is 4.98 Å². The van der Waals surface area contributed by atoms with Crippen molar-refractivity contribution in [2.24, 2.45) is 5.73 Å². The molecule has 0 radical (unpaired) electrons. The maximum atomic E-state index is 13.3. The molecule has 180 valence electrons. The van der Waals surface area contributed by atoms with E-state index in [9.17, 15) is 22.8 Å². The first-order valence-electron chi connectivity index (χ1n) is 10.9. The van der Waals surface area contributed by atoms with Gasteiger partial charge in [-0.2, -0.15) is 13.2 Å². The minimum atomic E-state index is -4.63. The zero-order chi connectivity index (χ0) is 25.4. The van der Waals surface area contributed by atoms with E-state index in [-0.39, 0.29) is 5.56 Å². The minimum absolute atomic E-state index is 0.133. The fourth-order valence-corrected chi connectivity index (χ4v) is 4.99. The summed E-state index contributed by atoms with van der Waals surface area (Å²) in [6.45, 7) is 0. The lowest BCUT2D eigenvalue weighted by Crippen LogP contribution is -2.21. The van der Waals surface area contributed by atoms with Crippen molar-refractivity contribution in [3.8, 4) is 11.4 Å². The molecule has 3 aromatic carbocycles. The Bertz CT molecular complexity index is 1570. The maximum absolute atomic E-state index is 13.3. The molecule has 5 aromatic rings. The van der Waals surface area contributed by atoms with E-state index >= 15 is 0 Å². The number of alkyl halides is 3. The molecule has 3 N–H and O–H groups in total. The lowest BCUT2D eigenvalue weighted by atomic mass is 9.96. The highest BCUT2D eigenvalue weighted by molar-refractivity contribution is 7.10. The summed E-state index contributed by atoms with van der Waals surface area (Å²) in [5.74, 6) is -1.23. The van der Waals surface area contributed by atoms with Crippen LogP contribution in [0, 0.1) is 0 Å². The van der Waals surface area contributed by atoms with Crippen LogP contribution < -0.4 is 5.73 Å². The molecular formula is C27H18F3N3O2S. The van der Waals surface area contributed by atoms with E-state index in [2.05, 4.69) is 9.97 Å². The summed E-state index contributed by atoms with van der Waals surface area (Å²) in [6, 6.07) is 20.1. The number of aromatic nitrogens is 2. The molecule has 1 unspecified atom stereocenters. The number of thiophene rings is 1. The third-order valence-electron chi connectivity index (χ3n) is 5.85. The molecule has 36 heavy (non-hydrogen) atoms. The third kappa shape index (κ3) is 4.40. The molecule has 0 aliphatic heterocycles. The van der Waals surface area contributed by atoms with Crippen molar-refractivity contribution in [2.45, 2.75) is 12.1 Å². The third-order valence-corrected chi connectivity index (χ3v) is 6.79. The van der Waals surface area contributed by atoms with Gasteiger partial charge in [-0.05, 0) is 35.2 Å². The molecule has 0 saturated carbocycles. The number of aromatic amines is 1. The first kappa shape index (κ1) is 23.5. The number of amides is 1. The summed E-state index contributed by atoms with van der Waals surface area (Å²) in [4.78, 5) is 33.6. The van der Waals surface area contributed by atoms with Crippen LogP contribution in [0.4, 0.5) is 13.2 Å². The lowest BCUT2D eigenvalue weighted by Gasteiger charge is -2.12. The van der Waals surface area contributed by atoms with Crippen molar-refractivity contribution in [2.75, 3.05) is 0 Å². The highest BCUT2D eigenvalue weighted by atomic mass is 32.1. The molecule has 0 aliphatic rings. The molecular weight excluding hydrogens is 487 g/mol. The zero-order valence-electron chi connectivity index (χ0n) is 18.5. The number of benzene rings is 3. The second-order valence-electron chi connectivity index (χ2n) is 8.16. The summed E-state index contributed by atoms with van der Waals surface area (Å²) in [5, 5.41) is 1.88. The highest BCUT2D eigenvalue weighted by Crippen LogP contribution is 2.34. The number of halogens is 3. The standard InChI is InChI=1S/C27H18F3N3O2S/c28-27(29,30)19-5-2-1-4-18(19)24(34)15-7-9-16(10-8-15)26-32-20-12-11-17(14-21(20)33-26)23(25(31)35)22-6-3-13-36-22/h1-14,23H,(H2,31,35)(H,32,33). The molecule has 1 atom stereocenters. The monoisotopic (exact) mass is 505 g/mol. The van der Waals surface area contributed by atoms with Gasteiger partial charge in [0.2, 0.25) is 5.91 Å². The van der Waals surface area contributed by atoms with Gasteiger partial charge >= 0.3 is 6.18 Å². The van der Waals surface area contributed by atoms with Gasteiger partial charge in [-0.15, -0.1) is 11.3 Å². The average Bonchev–Trinajstić information content (AvgIpc) is 3.53. The number of nitrogens with zero attached hydrogens (tertiary/aromatic N) is 1. The predicted molar refractivity (Wildman–Crippen MR) is 132 cm³/mol. The van der Waals surface area contributed by atoms with Gasteiger partial charge in [0.05, 0.1) is 22.5 Å². The quantitative estimate of drug-likeness (QED) is 0.271. The van der Waals surface area contributed by atoms with Crippen LogP contribution in [0.25, 0.3) is 22.4 Å². The molecule has 2 heterocycles. The van der Waals surface area contributed by atoms with E-state index in [1.165, 1.54) is 41.7 Å². The van der Waals surface area contributed by atoms with Crippen LogP contribution in [-0.2, 0) is 11.0 Å². The summed E-state index contributed by atoms with van der Waals surface area (Å²) in [5.41, 5.74) is 7.18. The van der Waals surface area contributed by atoms with E-state index < -0.39 is 34.9 Å². The van der Waals surface area contributed by atoms with Crippen LogP contribution in [0.2, 0.25) is 0 Å². The molecule has 2 aromatic heterocycles. The number of hydrogen-bond donors (Lipinski definition) is 2. The van der Waals surface area contributed by atoms with Crippen LogP contribution in [0.1, 0.15) is 37.8 Å². The van der Waals surface area contributed by atoms with E-state index in [4.69, 9.17) is 5.73 Å². The molecule has 0 aliphatic carbocycles. The number of rotatable bonds is 6. The normalized spacial score (nSPS) is 12.5. The zero-order valence-corrected chi connectivity index (χ0v) is 19.4. The molecule has 0 bridgehead atoms. The fraction of sp³-hybridized carbons (Fsp3) is 0.0741. The average molecular weight is 506 g/mol. The van der Waals surface area contributed by atoms with E-state index in [1.807, 2.05) is 29.6 Å². The van der Waals surface area contributed by atoms with Crippen LogP contribution in [0.3, 0.4) is 0 Å². The van der Waals surface area contributed by atoms with Crippen LogP contribution >= 0.6 is 11.3 Å². The second-order valence-corrected chi connectivity index (χ2v) is 9.14. The molecule has 5 nitrogen and oxygen atoms in total. The van der Waals surface area contributed by atoms with Crippen molar-refractivity contribution in [3.63, 3.8) is 0 Å². The number of H-pyrrole nitrogens is 1. The number of ketones is 1. The van der Waals surface area contributed by atoms with Gasteiger partial charge in [0, 0.05) is 21.6 Å². The number of fused-ring (bicyclic) bond motifs is 1. The summed E-state index contributed by atoms with van der Waals surface area (Å²) >= 11 is 1.45. The van der Waals surface area contributed by atoms with Gasteiger partial charge in [0.15, 0.2) is 5.78 Å². The van der Waals surface area contributed by atoms with Gasteiger partial charge in [-0.3, -0.25) is 9.59 Å². The van der Waals surface area contributed by atoms with E-state index in [0.29, 0.717) is 22.4 Å². The summed E-state index contributed by atoms with van der Waals surface area (Å²) in [6.07, 6.45) is -4.63. The first-order valence-corrected chi connectivity index (χ1v) is 11.7. The Morgan fingerprint density at radius 2 is 1.69 bits per heavy atom. The number of nitrogens with two attached hydrogens (primary N) is 1. The Kier molecular flexibility index (Phi) is 5.93. The van der Waals surface area contributed by atoms with Crippen molar-refractivity contribution in [1.29, 1.82) is 0 Å². The number of nitrogens with one attached hydrogen (secondary N) is 1. The SMILES string of the molecule is NC(=O)C(c1ccc2nc(-c3ccc(C(=O)c4ccccc4C(F)(F)F)cc3)[nH]c2c1)c1cccs1. The van der Waals surface area contributed by atoms with Crippen molar-refractivity contribution >= 4 is 34.1 Å². The lowest BCUT2D eigenvalue weighted by molar-refractivity contribution is -0.137. The Hall–Kier alpha value is -4.24. The van der Waals surface area contributed by atoms with Crippen LogP contribution in [-0.4, -0.2) is 21.7 Å². The Balaban J connectivity index is 1.45. The molecule has 1 amide bonds. The predicted octanol–water partition coefficient (Wildman–Crippen LogP) is 6.16. The maximum Gasteiger partial charge on any atom is 0.417 e. The summed E-state index contributed by atoms with van der Waals surface area (Å²) < 4.78 is 40.0. The van der Waals surface area contributed by atoms with E-state index in [1.54, 1.807) is 18.2 Å². The molecule has 0 fully saturated rings. The number of hydrogen-bond acceptors (Lipinski definition) is 4. The van der Waals surface area contributed by atoms with Crippen molar-refractivity contribution in [1.82, 2.24) is 9.97 Å². The molecule has 9 heteroatoms. The summed E-state index contributed by atoms with van der Waals surface area (Å²) in [7, 11) is 0. The Morgan fingerprint density at radius 1 is 0.944 bits per heavy atom. The van der Waals surface area contributed by atoms with Crippen LogP contribution in [0.5, 0.6) is 0 Å². The van der Waals surface area contributed by atoms with Gasteiger partial charge in [0.1, 0.15) is 5.82 Å². The van der Waals surface area contributed by atoms with Crippen LogP contribution in [0.15, 0.2) is 84.2 Å². The second kappa shape index (κ2) is 9.09. The molecule has 5 rings (SSSR count). The van der Waals surface area contributed by atoms with Gasteiger partial charge in [0.25, 0.3) is 0 Å². The first-order chi connectivity index (χ1) is 17.2. The molecule has 0 spiro atoms. The largest absolute Gasteiger partial charge is 0.417 e. The Morgan fingerprint density at radius 3 is 2.36 bits per heavy atom. The number of carbonyl (C=O) groups is 2. The number of carbonyl (C=O) groups excluding carboxylic acids is 2. The Labute approximate surface area is 207 Å². The number of imidazole rings is 1. The van der Waals surface area contributed by atoms with Gasteiger partial charge in [-0.1, -0.05) is 54.6 Å². The minimum Gasteiger partial charge on any atom is -0.369 e. The highest BCUT2D eigenvalue weighted by Gasteiger charge is 2.35. The topological polar surface area (TPSA) is 88.8 Å². The number of primary amides is 1.